The normalized spacial score (nSPS) is 10.9. The lowest BCUT2D eigenvalue weighted by molar-refractivity contribution is -0.757. The predicted molar refractivity (Wildman–Crippen MR) is 147 cm³/mol. The molecule has 0 aliphatic heterocycles. The third-order valence-corrected chi connectivity index (χ3v) is 6.67. The molecule has 0 bridgehead atoms. The summed E-state index contributed by atoms with van der Waals surface area (Å²) in [5.41, 5.74) is 4.74. The second-order valence-electron chi connectivity index (χ2n) is 9.08. The highest BCUT2D eigenvalue weighted by Crippen LogP contribution is 2.30. The maximum atomic E-state index is 12.2. The van der Waals surface area contributed by atoms with Gasteiger partial charge in [0, 0.05) is 24.9 Å². The number of unbranched alkanes of at least 4 members (excludes halogenated alkanes) is 1. The quantitative estimate of drug-likeness (QED) is 0.0905. The van der Waals surface area contributed by atoms with Gasteiger partial charge in [-0.15, -0.1) is 15.2 Å². The van der Waals surface area contributed by atoms with E-state index in [-0.39, 0.29) is 26.1 Å². The Morgan fingerprint density at radius 2 is 1.88 bits per heavy atom. The van der Waals surface area contributed by atoms with Crippen LogP contribution in [0.1, 0.15) is 49.7 Å². The van der Waals surface area contributed by atoms with Gasteiger partial charge in [0.2, 0.25) is 0 Å². The molecule has 0 saturated heterocycles. The summed E-state index contributed by atoms with van der Waals surface area (Å²) in [5, 5.41) is 23.9. The van der Waals surface area contributed by atoms with Crippen LogP contribution in [-0.2, 0) is 40.4 Å². The Kier molecular flexibility index (Phi) is 10.2. The minimum Gasteiger partial charge on any atom is -0.459 e. The minimum absolute atomic E-state index is 0.00467. The second-order valence-corrected chi connectivity index (χ2v) is 9.44. The molecule has 12 nitrogen and oxygen atoms in total. The molecule has 2 aromatic carbocycles. The van der Waals surface area contributed by atoms with Crippen LogP contribution in [0.25, 0.3) is 22.5 Å². The largest absolute Gasteiger partial charge is 0.459 e. The number of hydrogen-bond acceptors (Lipinski definition) is 9. The van der Waals surface area contributed by atoms with Crippen LogP contribution in [0.3, 0.4) is 0 Å². The summed E-state index contributed by atoms with van der Waals surface area (Å²) in [6.07, 6.45) is 3.63. The van der Waals surface area contributed by atoms with Crippen molar-refractivity contribution >= 4 is 17.6 Å². The van der Waals surface area contributed by atoms with E-state index in [0.29, 0.717) is 23.2 Å². The molecule has 0 spiro atoms. The molecule has 0 amide bonds. The average Bonchev–Trinajstić information content (AvgIpc) is 3.60. The monoisotopic (exact) mass is 567 g/mol. The number of halogens is 1. The Hall–Kier alpha value is -4.32. The average molecular weight is 568 g/mol. The van der Waals surface area contributed by atoms with Gasteiger partial charge < -0.3 is 14.1 Å². The number of carbonyl (C=O) groups is 1. The van der Waals surface area contributed by atoms with E-state index in [1.54, 1.807) is 0 Å². The summed E-state index contributed by atoms with van der Waals surface area (Å²) in [4.78, 5) is 31.2. The van der Waals surface area contributed by atoms with Crippen LogP contribution >= 0.6 is 11.6 Å². The van der Waals surface area contributed by atoms with E-state index in [1.807, 2.05) is 28.8 Å². The number of carbonyl (C=O) groups excluding carboxylic acids is 1. The zero-order valence-electron chi connectivity index (χ0n) is 22.1. The van der Waals surface area contributed by atoms with Gasteiger partial charge in [-0.1, -0.05) is 73.5 Å². The third kappa shape index (κ3) is 7.63. The van der Waals surface area contributed by atoms with Gasteiger partial charge in [-0.3, -0.25) is 4.79 Å². The molecule has 0 saturated carbocycles. The number of nitrogens with one attached hydrogen (secondary N) is 1. The SMILES string of the molecule is CCCCc1nc(Cl)c(COC(=O)CCCO[N+](=O)[O-])n1CCc1ccc(-c2ccccc2-c2nnn[nH]2)cc1. The highest BCUT2D eigenvalue weighted by Gasteiger charge is 2.18. The fourth-order valence-corrected chi connectivity index (χ4v) is 4.57. The first-order valence-electron chi connectivity index (χ1n) is 13.1. The molecule has 0 aliphatic rings. The zero-order valence-corrected chi connectivity index (χ0v) is 22.8. The number of aromatic amines is 1. The van der Waals surface area contributed by atoms with E-state index < -0.39 is 11.1 Å². The number of rotatable bonds is 15. The molecule has 4 aromatic rings. The number of benzene rings is 2. The summed E-state index contributed by atoms with van der Waals surface area (Å²) in [6.45, 7) is 2.53. The molecule has 210 valence electrons. The van der Waals surface area contributed by atoms with Gasteiger partial charge in [-0.25, -0.2) is 10.1 Å². The summed E-state index contributed by atoms with van der Waals surface area (Å²) in [5.74, 6) is 0.973. The molecule has 4 rings (SSSR count). The Balaban J connectivity index is 1.43. The van der Waals surface area contributed by atoms with Crippen molar-refractivity contribution in [2.75, 3.05) is 6.61 Å². The zero-order chi connectivity index (χ0) is 28.3. The van der Waals surface area contributed by atoms with Gasteiger partial charge >= 0.3 is 5.97 Å². The lowest BCUT2D eigenvalue weighted by Gasteiger charge is -2.13. The van der Waals surface area contributed by atoms with Crippen LogP contribution in [-0.4, -0.2) is 47.8 Å². The Morgan fingerprint density at radius 1 is 1.10 bits per heavy atom. The summed E-state index contributed by atoms with van der Waals surface area (Å²) in [7, 11) is 0. The number of aromatic nitrogens is 6. The van der Waals surface area contributed by atoms with Crippen molar-refractivity contribution in [1.82, 2.24) is 30.2 Å². The number of imidazole rings is 1. The van der Waals surface area contributed by atoms with Crippen LogP contribution in [0.15, 0.2) is 48.5 Å². The highest BCUT2D eigenvalue weighted by atomic mass is 35.5. The number of aryl methyl sites for hydroxylation is 2. The van der Waals surface area contributed by atoms with Crippen LogP contribution in [0.5, 0.6) is 0 Å². The lowest BCUT2D eigenvalue weighted by atomic mass is 9.98. The van der Waals surface area contributed by atoms with E-state index in [1.165, 1.54) is 0 Å². The first-order valence-corrected chi connectivity index (χ1v) is 13.4. The number of esters is 1. The molecule has 40 heavy (non-hydrogen) atoms. The number of hydrogen-bond donors (Lipinski definition) is 1. The Bertz CT molecular complexity index is 1410. The lowest BCUT2D eigenvalue weighted by Crippen LogP contribution is -2.13. The minimum atomic E-state index is -0.885. The van der Waals surface area contributed by atoms with Gasteiger partial charge in [0.05, 0.1) is 12.3 Å². The number of nitrogens with zero attached hydrogens (tertiary/aromatic N) is 6. The van der Waals surface area contributed by atoms with E-state index in [2.05, 4.69) is 61.6 Å². The third-order valence-electron chi connectivity index (χ3n) is 6.37. The van der Waals surface area contributed by atoms with Gasteiger partial charge in [0.15, 0.2) is 11.0 Å². The smallest absolute Gasteiger partial charge is 0.306 e. The fourth-order valence-electron chi connectivity index (χ4n) is 4.32. The predicted octanol–water partition coefficient (Wildman–Crippen LogP) is 5.00. The number of H-pyrrole nitrogens is 1. The molecule has 0 unspecified atom stereocenters. The number of ether oxygens (including phenoxy) is 1. The van der Waals surface area contributed by atoms with E-state index in [0.717, 1.165) is 53.8 Å². The second kappa shape index (κ2) is 14.2. The van der Waals surface area contributed by atoms with Crippen LogP contribution in [0.4, 0.5) is 0 Å². The van der Waals surface area contributed by atoms with Gasteiger partial charge in [0.25, 0.3) is 5.09 Å². The first kappa shape index (κ1) is 28.7. The van der Waals surface area contributed by atoms with Crippen molar-refractivity contribution in [2.24, 2.45) is 0 Å². The van der Waals surface area contributed by atoms with Crippen molar-refractivity contribution < 1.29 is 19.5 Å². The Morgan fingerprint density at radius 3 is 2.58 bits per heavy atom. The van der Waals surface area contributed by atoms with E-state index in [4.69, 9.17) is 16.3 Å². The van der Waals surface area contributed by atoms with Crippen molar-refractivity contribution in [3.05, 3.63) is 80.9 Å². The van der Waals surface area contributed by atoms with E-state index in [9.17, 15) is 14.9 Å². The van der Waals surface area contributed by atoms with Crippen molar-refractivity contribution in [1.29, 1.82) is 0 Å². The van der Waals surface area contributed by atoms with Gasteiger partial charge in [0.1, 0.15) is 12.4 Å². The van der Waals surface area contributed by atoms with Crippen LogP contribution < -0.4 is 0 Å². The van der Waals surface area contributed by atoms with Gasteiger partial charge in [-0.2, -0.15) is 0 Å². The Labute approximate surface area is 235 Å². The molecule has 13 heteroatoms. The van der Waals surface area contributed by atoms with Crippen molar-refractivity contribution in [2.45, 2.75) is 58.6 Å². The molecular weight excluding hydrogens is 538 g/mol. The maximum absolute atomic E-state index is 12.2. The summed E-state index contributed by atoms with van der Waals surface area (Å²) in [6, 6.07) is 16.2. The fraction of sp³-hybridized carbons (Fsp3) is 0.370. The topological polar surface area (TPSA) is 151 Å². The van der Waals surface area contributed by atoms with Crippen LogP contribution in [0.2, 0.25) is 5.15 Å². The first-order chi connectivity index (χ1) is 19.5. The van der Waals surface area contributed by atoms with E-state index >= 15 is 0 Å². The molecule has 2 aromatic heterocycles. The van der Waals surface area contributed by atoms with Crippen molar-refractivity contribution in [3.63, 3.8) is 0 Å². The van der Waals surface area contributed by atoms with Crippen molar-refractivity contribution in [3.8, 4) is 22.5 Å². The molecule has 0 fully saturated rings. The molecular formula is C27H30ClN7O5. The molecule has 0 atom stereocenters. The van der Waals surface area contributed by atoms with Crippen LogP contribution in [0, 0.1) is 10.1 Å². The van der Waals surface area contributed by atoms with Gasteiger partial charge in [-0.05, 0) is 46.4 Å². The maximum Gasteiger partial charge on any atom is 0.306 e. The highest BCUT2D eigenvalue weighted by molar-refractivity contribution is 6.30. The number of tetrazole rings is 1. The standard InChI is InChI=1S/C27H30ClN7O5/c1-2-3-9-24-29-26(28)23(18-39-25(36)10-6-17-40-35(37)38)34(24)16-15-19-11-13-20(14-12-19)21-7-4-5-8-22(21)27-30-32-33-31-27/h4-5,7-8,11-14H,2-3,6,9-10,15-18H2,1H3,(H,30,31,32,33). The summed E-state index contributed by atoms with van der Waals surface area (Å²) >= 11 is 6.47. The summed E-state index contributed by atoms with van der Waals surface area (Å²) < 4.78 is 7.44. The molecule has 0 aliphatic carbocycles. The molecule has 2 heterocycles. The molecule has 1 N–H and O–H groups in total. The molecule has 0 radical (unpaired) electrons.